The lowest BCUT2D eigenvalue weighted by molar-refractivity contribution is -0.128. The van der Waals surface area contributed by atoms with E-state index in [9.17, 15) is 24.3 Å². The van der Waals surface area contributed by atoms with E-state index in [2.05, 4.69) is 21.8 Å². The second kappa shape index (κ2) is 15.0. The predicted molar refractivity (Wildman–Crippen MR) is 208 cm³/mol. The minimum absolute atomic E-state index is 0.0117. The monoisotopic (exact) mass is 811 g/mol. The third-order valence-electron chi connectivity index (χ3n) is 10.5. The molecule has 3 atom stereocenters. The van der Waals surface area contributed by atoms with Gasteiger partial charge in [-0.2, -0.15) is 15.2 Å². The number of ether oxygens (including phenoxy) is 2. The molecule has 12 nitrogen and oxygen atoms in total. The molecule has 0 spiro atoms. The van der Waals surface area contributed by atoms with Gasteiger partial charge in [-0.1, -0.05) is 24.2 Å². The normalized spacial score (nSPS) is 21.4. The maximum absolute atomic E-state index is 17.4. The van der Waals surface area contributed by atoms with E-state index in [1.807, 2.05) is 17.9 Å². The number of anilines is 2. The molecule has 17 heteroatoms. The van der Waals surface area contributed by atoms with Crippen LogP contribution < -0.4 is 15.0 Å². The first-order valence-electron chi connectivity index (χ1n) is 18.3. The number of nitriles is 1. The Balaban J connectivity index is 1.35. The molecule has 3 aliphatic heterocycles. The van der Waals surface area contributed by atoms with Crippen LogP contribution in [0.2, 0.25) is 5.02 Å². The molecule has 56 heavy (non-hydrogen) atoms. The summed E-state index contributed by atoms with van der Waals surface area (Å²) in [7, 11) is 0. The van der Waals surface area contributed by atoms with Gasteiger partial charge in [0, 0.05) is 60.6 Å². The van der Waals surface area contributed by atoms with Gasteiger partial charge in [-0.05, 0) is 64.8 Å². The highest BCUT2D eigenvalue weighted by Crippen LogP contribution is 2.47. The molecule has 0 aliphatic carbocycles. The summed E-state index contributed by atoms with van der Waals surface area (Å²) < 4.78 is 59.0. The summed E-state index contributed by atoms with van der Waals surface area (Å²) in [5.41, 5.74) is -1.70. The first-order valence-corrected chi connectivity index (χ1v) is 19.4. The minimum atomic E-state index is -1.00. The summed E-state index contributed by atoms with van der Waals surface area (Å²) in [6.07, 6.45) is 0.0431. The standard InChI is InChI=1S/C39H41ClF3N7O5S/c1-20(18-51)35(52)48-11-12-50(21(2)16-48)33-24-13-26(40)29(30(43)31(24)45-36(46-33)54-19-39-9-6-10-49(39)17-22(41)14-39)23-7-8-27(42)32-28(23)25(15-44)34(56-32)47-37(53)55-38(3,4)5/h7-8,13,21-22,51H,1,6,9-12,14,16-19H2,2-5H3,(H,47,53)/t21-,22+,39-/m0/s1. The zero-order valence-corrected chi connectivity index (χ0v) is 32.9. The summed E-state index contributed by atoms with van der Waals surface area (Å²) in [6, 6.07) is 5.48. The smallest absolute Gasteiger partial charge is 0.412 e. The number of hydrogen-bond acceptors (Lipinski definition) is 11. The van der Waals surface area contributed by atoms with Gasteiger partial charge in [0.15, 0.2) is 5.82 Å². The molecule has 2 N–H and O–H groups in total. The molecule has 2 amide bonds. The number of piperazine rings is 1. The van der Waals surface area contributed by atoms with Crippen LogP contribution in [0.15, 0.2) is 30.4 Å². The summed E-state index contributed by atoms with van der Waals surface area (Å²) >= 11 is 7.73. The number of fused-ring (bicyclic) bond motifs is 3. The quantitative estimate of drug-likeness (QED) is 0.175. The number of nitrogens with one attached hydrogen (secondary N) is 1. The number of nitrogens with zero attached hydrogens (tertiary/aromatic N) is 6. The third kappa shape index (κ3) is 7.21. The number of amides is 2. The number of hydrogen-bond donors (Lipinski definition) is 2. The summed E-state index contributed by atoms with van der Waals surface area (Å²) in [5.74, 6) is -1.68. The van der Waals surface area contributed by atoms with Crippen LogP contribution in [0.5, 0.6) is 6.01 Å². The number of benzene rings is 2. The van der Waals surface area contributed by atoms with Gasteiger partial charge in [-0.15, -0.1) is 11.3 Å². The minimum Gasteiger partial charge on any atom is -0.461 e. The van der Waals surface area contributed by atoms with Crippen molar-refractivity contribution in [3.63, 3.8) is 0 Å². The second-order valence-electron chi connectivity index (χ2n) is 15.5. The lowest BCUT2D eigenvalue weighted by Crippen LogP contribution is -2.54. The second-order valence-corrected chi connectivity index (χ2v) is 17.0. The van der Waals surface area contributed by atoms with Crippen molar-refractivity contribution in [3.8, 4) is 23.2 Å². The van der Waals surface area contributed by atoms with Crippen LogP contribution in [0.1, 0.15) is 52.5 Å². The Bertz CT molecular complexity index is 2310. The van der Waals surface area contributed by atoms with E-state index in [4.69, 9.17) is 26.1 Å². The molecule has 3 saturated heterocycles. The van der Waals surface area contributed by atoms with Crippen molar-refractivity contribution < 1.29 is 37.3 Å². The number of aliphatic hydroxyl groups is 1. The molecule has 0 saturated carbocycles. The fraction of sp³-hybridized carbons (Fsp3) is 0.462. The van der Waals surface area contributed by atoms with Gasteiger partial charge in [0.1, 0.15) is 46.6 Å². The van der Waals surface area contributed by atoms with Gasteiger partial charge in [-0.25, -0.2) is 18.0 Å². The number of rotatable bonds is 8. The van der Waals surface area contributed by atoms with Crippen LogP contribution in [0.25, 0.3) is 32.1 Å². The molecule has 7 rings (SSSR count). The van der Waals surface area contributed by atoms with Gasteiger partial charge in [0.05, 0.1) is 27.4 Å². The van der Waals surface area contributed by atoms with Gasteiger partial charge < -0.3 is 24.4 Å². The fourth-order valence-electron chi connectivity index (χ4n) is 8.06. The van der Waals surface area contributed by atoms with Crippen LogP contribution in [0.4, 0.5) is 28.8 Å². The van der Waals surface area contributed by atoms with E-state index in [0.717, 1.165) is 36.8 Å². The number of halogens is 4. The first kappa shape index (κ1) is 39.5. The Morgan fingerprint density at radius 1 is 1.21 bits per heavy atom. The van der Waals surface area contributed by atoms with Crippen molar-refractivity contribution in [1.29, 1.82) is 5.26 Å². The fourth-order valence-corrected chi connectivity index (χ4v) is 9.42. The molecule has 296 valence electrons. The van der Waals surface area contributed by atoms with Crippen LogP contribution in [-0.4, -0.2) is 106 Å². The molecule has 0 radical (unpaired) electrons. The lowest BCUT2D eigenvalue weighted by Gasteiger charge is -2.41. The van der Waals surface area contributed by atoms with Gasteiger partial charge in [-0.3, -0.25) is 15.0 Å². The Morgan fingerprint density at radius 2 is 1.98 bits per heavy atom. The predicted octanol–water partition coefficient (Wildman–Crippen LogP) is 7.20. The maximum Gasteiger partial charge on any atom is 0.412 e. The Labute approximate surface area is 330 Å². The van der Waals surface area contributed by atoms with E-state index in [1.54, 1.807) is 25.7 Å². The Morgan fingerprint density at radius 3 is 2.68 bits per heavy atom. The van der Waals surface area contributed by atoms with E-state index in [-0.39, 0.29) is 103 Å². The lowest BCUT2D eigenvalue weighted by atomic mass is 9.95. The largest absolute Gasteiger partial charge is 0.461 e. The molecule has 2 aromatic heterocycles. The highest BCUT2D eigenvalue weighted by atomic mass is 35.5. The molecule has 0 bridgehead atoms. The van der Waals surface area contributed by atoms with Crippen molar-refractivity contribution >= 4 is 66.7 Å². The van der Waals surface area contributed by atoms with Crippen LogP contribution in [0.3, 0.4) is 0 Å². The highest BCUT2D eigenvalue weighted by molar-refractivity contribution is 7.23. The average molecular weight is 812 g/mol. The van der Waals surface area contributed by atoms with Gasteiger partial charge >= 0.3 is 12.1 Å². The zero-order chi connectivity index (χ0) is 40.3. The van der Waals surface area contributed by atoms with E-state index in [0.29, 0.717) is 13.0 Å². The molecular formula is C39H41ClF3N7O5S. The van der Waals surface area contributed by atoms with E-state index in [1.165, 1.54) is 12.1 Å². The first-order chi connectivity index (χ1) is 26.5. The molecule has 0 unspecified atom stereocenters. The van der Waals surface area contributed by atoms with Crippen LogP contribution in [-0.2, 0) is 9.53 Å². The van der Waals surface area contributed by atoms with Crippen molar-refractivity contribution in [3.05, 3.63) is 52.6 Å². The van der Waals surface area contributed by atoms with E-state index >= 15 is 8.78 Å². The number of carbonyl (C=O) groups is 2. The van der Waals surface area contributed by atoms with Crippen LogP contribution >= 0.6 is 22.9 Å². The molecule has 4 aromatic rings. The van der Waals surface area contributed by atoms with Crippen molar-refractivity contribution in [2.75, 3.05) is 56.2 Å². The summed E-state index contributed by atoms with van der Waals surface area (Å²) in [4.78, 5) is 40.4. The number of thiophene rings is 1. The maximum atomic E-state index is 17.4. The Hall–Kier alpha value is -4.69. The molecule has 3 fully saturated rings. The zero-order valence-electron chi connectivity index (χ0n) is 31.3. The SMILES string of the molecule is C=C(CO)C(=O)N1CCN(c2nc(OC[C@@]34CCCN3C[C@H](F)C4)nc3c(F)c(-c4ccc(F)c5sc(NC(=O)OC(C)(C)C)c(C#N)c45)c(Cl)cc23)[C@@H](C)C1. The molecule has 3 aliphatic rings. The van der Waals surface area contributed by atoms with Crippen LogP contribution in [0, 0.1) is 23.0 Å². The number of alkyl halides is 1. The van der Waals surface area contributed by atoms with Crippen molar-refractivity contribution in [2.24, 2.45) is 0 Å². The topological polar surface area (TPSA) is 144 Å². The number of aliphatic hydroxyl groups excluding tert-OH is 1. The average Bonchev–Trinajstić information content (AvgIpc) is 3.80. The number of aromatic nitrogens is 2. The third-order valence-corrected chi connectivity index (χ3v) is 12.0. The summed E-state index contributed by atoms with van der Waals surface area (Å²) in [5, 5.41) is 22.5. The molecular weight excluding hydrogens is 771 g/mol. The molecule has 2 aromatic carbocycles. The van der Waals surface area contributed by atoms with Gasteiger partial charge in [0.2, 0.25) is 0 Å². The highest BCUT2D eigenvalue weighted by Gasteiger charge is 2.49. The molecule has 5 heterocycles. The van der Waals surface area contributed by atoms with E-state index < -0.39 is 41.6 Å². The Kier molecular flexibility index (Phi) is 10.6. The van der Waals surface area contributed by atoms with Crippen molar-refractivity contribution in [1.82, 2.24) is 19.8 Å². The van der Waals surface area contributed by atoms with Gasteiger partial charge in [0.25, 0.3) is 5.91 Å². The summed E-state index contributed by atoms with van der Waals surface area (Å²) in [6.45, 7) is 12.0. The number of carbonyl (C=O) groups excluding carboxylic acids is 2. The van der Waals surface area contributed by atoms with Crippen molar-refractivity contribution in [2.45, 2.75) is 70.3 Å².